The average molecular weight is 473 g/mol. The van der Waals surface area contributed by atoms with Gasteiger partial charge in [0, 0.05) is 27.7 Å². The van der Waals surface area contributed by atoms with E-state index in [1.165, 1.54) is 0 Å². The molecule has 5 aromatic rings. The van der Waals surface area contributed by atoms with Crippen molar-refractivity contribution < 1.29 is 0 Å². The summed E-state index contributed by atoms with van der Waals surface area (Å²) in [6.45, 7) is 0. The first-order valence-corrected chi connectivity index (χ1v) is 11.3. The fourth-order valence-electron chi connectivity index (χ4n) is 3.43. The van der Waals surface area contributed by atoms with E-state index in [1.54, 1.807) is 41.9 Å². The Labute approximate surface area is 198 Å². The highest BCUT2D eigenvalue weighted by Crippen LogP contribution is 2.37. The number of fused-ring (bicyclic) bond motifs is 1. The molecule has 0 saturated heterocycles. The van der Waals surface area contributed by atoms with E-state index in [2.05, 4.69) is 33.5 Å². The van der Waals surface area contributed by atoms with Gasteiger partial charge < -0.3 is 5.32 Å². The van der Waals surface area contributed by atoms with Crippen LogP contribution in [0.15, 0.2) is 79.1 Å². The number of hydrogen-bond acceptors (Lipinski definition) is 5. The van der Waals surface area contributed by atoms with E-state index in [9.17, 15) is 5.26 Å². The molecule has 32 heavy (non-hydrogen) atoms. The molecular weight excluding hydrogens is 459 g/mol. The molecule has 0 amide bonds. The summed E-state index contributed by atoms with van der Waals surface area (Å²) in [4.78, 5) is 11.2. The minimum atomic E-state index is 0.435. The maximum absolute atomic E-state index is 9.62. The van der Waals surface area contributed by atoms with Crippen LogP contribution in [0, 0.1) is 11.3 Å². The molecule has 0 aliphatic rings. The van der Waals surface area contributed by atoms with Crippen LogP contribution in [0.25, 0.3) is 31.9 Å². The third-order valence-electron chi connectivity index (χ3n) is 4.99. The second kappa shape index (κ2) is 8.60. The van der Waals surface area contributed by atoms with Gasteiger partial charge in [0.1, 0.15) is 6.07 Å². The molecular formula is C25H14Cl2N4S. The van der Waals surface area contributed by atoms with Crippen molar-refractivity contribution in [1.82, 2.24) is 9.97 Å². The predicted molar refractivity (Wildman–Crippen MR) is 133 cm³/mol. The largest absolute Gasteiger partial charge is 0.353 e. The van der Waals surface area contributed by atoms with Crippen LogP contribution in [-0.2, 0) is 0 Å². The van der Waals surface area contributed by atoms with Gasteiger partial charge in [-0.2, -0.15) is 5.26 Å². The molecule has 0 unspecified atom stereocenters. The number of nitrogens with zero attached hydrogens (tertiary/aromatic N) is 3. The minimum Gasteiger partial charge on any atom is -0.353 e. The van der Waals surface area contributed by atoms with Crippen molar-refractivity contribution in [3.8, 4) is 27.1 Å². The van der Waals surface area contributed by atoms with Crippen LogP contribution in [-0.4, -0.2) is 9.97 Å². The molecule has 0 fully saturated rings. The minimum absolute atomic E-state index is 0.435. The highest BCUT2D eigenvalue weighted by Gasteiger charge is 2.13. The van der Waals surface area contributed by atoms with Crippen LogP contribution >= 0.6 is 34.5 Å². The summed E-state index contributed by atoms with van der Waals surface area (Å²) < 4.78 is 0. The van der Waals surface area contributed by atoms with Crippen molar-refractivity contribution in [3.63, 3.8) is 0 Å². The highest BCUT2D eigenvalue weighted by atomic mass is 35.5. The zero-order valence-corrected chi connectivity index (χ0v) is 18.8. The van der Waals surface area contributed by atoms with Crippen molar-refractivity contribution in [2.75, 3.05) is 5.32 Å². The van der Waals surface area contributed by atoms with E-state index in [1.807, 2.05) is 36.4 Å². The molecule has 154 valence electrons. The molecule has 0 aliphatic carbocycles. The Bertz CT molecular complexity index is 1490. The second-order valence-electron chi connectivity index (χ2n) is 7.02. The van der Waals surface area contributed by atoms with Crippen LogP contribution in [0.1, 0.15) is 5.56 Å². The zero-order valence-electron chi connectivity index (χ0n) is 16.5. The smallest absolute Gasteiger partial charge is 0.103 e. The Kier molecular flexibility index (Phi) is 5.50. The molecule has 1 N–H and O–H groups in total. The Morgan fingerprint density at radius 1 is 0.906 bits per heavy atom. The van der Waals surface area contributed by atoms with Gasteiger partial charge in [-0.1, -0.05) is 41.4 Å². The molecule has 0 bridgehead atoms. The van der Waals surface area contributed by atoms with E-state index in [-0.39, 0.29) is 0 Å². The third-order valence-corrected chi connectivity index (χ3v) is 6.69. The molecule has 0 spiro atoms. The maximum Gasteiger partial charge on any atom is 0.103 e. The maximum atomic E-state index is 9.62. The summed E-state index contributed by atoms with van der Waals surface area (Å²) in [5.41, 5.74) is 4.55. The fourth-order valence-corrected chi connectivity index (χ4v) is 4.87. The van der Waals surface area contributed by atoms with E-state index < -0.39 is 0 Å². The van der Waals surface area contributed by atoms with Gasteiger partial charge in [0.05, 0.1) is 38.0 Å². The summed E-state index contributed by atoms with van der Waals surface area (Å²) in [7, 11) is 0. The zero-order chi connectivity index (χ0) is 22.1. The van der Waals surface area contributed by atoms with Crippen molar-refractivity contribution in [3.05, 3.63) is 94.7 Å². The summed E-state index contributed by atoms with van der Waals surface area (Å²) in [6, 6.07) is 23.5. The van der Waals surface area contributed by atoms with Gasteiger partial charge in [-0.15, -0.1) is 11.3 Å². The number of pyridine rings is 2. The molecule has 3 aromatic heterocycles. The van der Waals surface area contributed by atoms with E-state index in [4.69, 9.17) is 23.2 Å². The first kappa shape index (κ1) is 20.5. The van der Waals surface area contributed by atoms with Crippen molar-refractivity contribution >= 4 is 56.8 Å². The summed E-state index contributed by atoms with van der Waals surface area (Å²) >= 11 is 14.0. The average Bonchev–Trinajstić information content (AvgIpc) is 3.31. The summed E-state index contributed by atoms with van der Waals surface area (Å²) in [5, 5.41) is 14.8. The number of nitriles is 1. The number of rotatable bonds is 4. The van der Waals surface area contributed by atoms with E-state index in [0.717, 1.165) is 31.9 Å². The molecule has 5 rings (SSSR count). The topological polar surface area (TPSA) is 61.6 Å². The first-order chi connectivity index (χ1) is 15.6. The first-order valence-electron chi connectivity index (χ1n) is 9.69. The number of anilines is 2. The predicted octanol–water partition coefficient (Wildman–Crippen LogP) is 7.95. The molecule has 0 saturated carbocycles. The van der Waals surface area contributed by atoms with Crippen molar-refractivity contribution in [2.24, 2.45) is 0 Å². The number of benzene rings is 2. The number of hydrogen-bond donors (Lipinski definition) is 1. The van der Waals surface area contributed by atoms with Gasteiger partial charge in [-0.3, -0.25) is 9.97 Å². The van der Waals surface area contributed by atoms with Gasteiger partial charge in [0.15, 0.2) is 0 Å². The lowest BCUT2D eigenvalue weighted by atomic mass is 10.1. The Balaban J connectivity index is 1.56. The van der Waals surface area contributed by atoms with Gasteiger partial charge in [-0.05, 0) is 54.1 Å². The quantitative estimate of drug-likeness (QED) is 0.288. The SMILES string of the molecule is N#Cc1cnc2cc(-c3ccc(-c4ccccn4)s3)ccc2c1Nc1ccc(Cl)cc1Cl. The van der Waals surface area contributed by atoms with Crippen LogP contribution < -0.4 is 5.32 Å². The summed E-state index contributed by atoms with van der Waals surface area (Å²) in [5.74, 6) is 0. The molecule has 3 heterocycles. The Morgan fingerprint density at radius 3 is 2.56 bits per heavy atom. The lowest BCUT2D eigenvalue weighted by Gasteiger charge is -2.13. The van der Waals surface area contributed by atoms with Crippen molar-refractivity contribution in [1.29, 1.82) is 5.26 Å². The highest BCUT2D eigenvalue weighted by molar-refractivity contribution is 7.18. The fraction of sp³-hybridized carbons (Fsp3) is 0. The lowest BCUT2D eigenvalue weighted by molar-refractivity contribution is 1.34. The van der Waals surface area contributed by atoms with Crippen LogP contribution in [0.4, 0.5) is 11.4 Å². The van der Waals surface area contributed by atoms with Gasteiger partial charge in [0.2, 0.25) is 0 Å². The Morgan fingerprint density at radius 2 is 1.78 bits per heavy atom. The van der Waals surface area contributed by atoms with Crippen LogP contribution in [0.5, 0.6) is 0 Å². The monoisotopic (exact) mass is 472 g/mol. The summed E-state index contributed by atoms with van der Waals surface area (Å²) in [6.07, 6.45) is 3.37. The Hall–Kier alpha value is -3.43. The molecule has 7 heteroatoms. The number of halogens is 2. The molecule has 2 aromatic carbocycles. The standard InChI is InChI=1S/C25H14Cl2N4S/c26-17-5-7-20(19(27)12-17)31-25-16(13-28)14-30-22-11-15(4-6-18(22)25)23-8-9-24(32-23)21-3-1-2-10-29-21/h1-12,14H,(H,30,31). The number of nitrogens with one attached hydrogen (secondary N) is 1. The lowest BCUT2D eigenvalue weighted by Crippen LogP contribution is -1.97. The molecule has 0 atom stereocenters. The number of thiophene rings is 1. The van der Waals surface area contributed by atoms with Crippen molar-refractivity contribution in [2.45, 2.75) is 0 Å². The van der Waals surface area contributed by atoms with Crippen LogP contribution in [0.2, 0.25) is 10.0 Å². The van der Waals surface area contributed by atoms with E-state index in [0.29, 0.717) is 27.0 Å². The number of aromatic nitrogens is 2. The van der Waals surface area contributed by atoms with Gasteiger partial charge in [-0.25, -0.2) is 0 Å². The van der Waals surface area contributed by atoms with E-state index >= 15 is 0 Å². The molecule has 0 radical (unpaired) electrons. The molecule has 4 nitrogen and oxygen atoms in total. The second-order valence-corrected chi connectivity index (χ2v) is 8.95. The van der Waals surface area contributed by atoms with Crippen LogP contribution in [0.3, 0.4) is 0 Å². The van der Waals surface area contributed by atoms with Gasteiger partial charge >= 0.3 is 0 Å². The van der Waals surface area contributed by atoms with Gasteiger partial charge in [0.25, 0.3) is 0 Å². The third kappa shape index (κ3) is 3.92. The normalized spacial score (nSPS) is 10.8. The molecule has 0 aliphatic heterocycles.